The van der Waals surface area contributed by atoms with Crippen LogP contribution >= 0.6 is 11.6 Å². The van der Waals surface area contributed by atoms with Crippen LogP contribution in [0.4, 0.5) is 0 Å². The van der Waals surface area contributed by atoms with Crippen LogP contribution in [0.5, 0.6) is 5.75 Å². The van der Waals surface area contributed by atoms with Gasteiger partial charge in [0.2, 0.25) is 0 Å². The Balaban J connectivity index is 2.18. The van der Waals surface area contributed by atoms with Crippen molar-refractivity contribution in [3.63, 3.8) is 0 Å². The number of aryl methyl sites for hydroxylation is 1. The highest BCUT2D eigenvalue weighted by Gasteiger charge is 2.07. The minimum absolute atomic E-state index is 0.320. The molecular formula is C20H21ClO3. The van der Waals surface area contributed by atoms with Crippen molar-refractivity contribution < 1.29 is 14.3 Å². The molecule has 2 rings (SSSR count). The summed E-state index contributed by atoms with van der Waals surface area (Å²) in [5.74, 6) is 0.464. The summed E-state index contributed by atoms with van der Waals surface area (Å²) >= 11 is 5.92. The van der Waals surface area contributed by atoms with E-state index in [0.717, 1.165) is 34.8 Å². The molecule has 0 unspecified atom stereocenters. The average molecular weight is 345 g/mol. The summed E-state index contributed by atoms with van der Waals surface area (Å²) < 4.78 is 10.2. The SMILES string of the molecule is CCOC(=O)C=C(CCc1ccc(Cl)cc1)c1ccc(OC)cc1. The van der Waals surface area contributed by atoms with Gasteiger partial charge in [-0.15, -0.1) is 0 Å². The summed E-state index contributed by atoms with van der Waals surface area (Å²) in [7, 11) is 1.63. The number of carbonyl (C=O) groups is 1. The molecule has 0 amide bonds. The van der Waals surface area contributed by atoms with Crippen LogP contribution < -0.4 is 4.74 Å². The maximum atomic E-state index is 11.9. The summed E-state index contributed by atoms with van der Waals surface area (Å²) in [4.78, 5) is 11.9. The first kappa shape index (κ1) is 18.1. The van der Waals surface area contributed by atoms with Crippen LogP contribution in [0.3, 0.4) is 0 Å². The highest BCUT2D eigenvalue weighted by atomic mass is 35.5. The summed E-state index contributed by atoms with van der Waals surface area (Å²) in [5, 5.41) is 0.719. The molecule has 0 radical (unpaired) electrons. The zero-order valence-corrected chi connectivity index (χ0v) is 14.7. The van der Waals surface area contributed by atoms with Gasteiger partial charge in [0.05, 0.1) is 13.7 Å². The molecule has 4 heteroatoms. The predicted molar refractivity (Wildman–Crippen MR) is 97.4 cm³/mol. The number of hydrogen-bond acceptors (Lipinski definition) is 3. The molecule has 2 aromatic carbocycles. The van der Waals surface area contributed by atoms with Gasteiger partial charge < -0.3 is 9.47 Å². The third-order valence-electron chi connectivity index (χ3n) is 3.64. The molecule has 0 spiro atoms. The maximum Gasteiger partial charge on any atom is 0.331 e. The van der Waals surface area contributed by atoms with Gasteiger partial charge >= 0.3 is 5.97 Å². The third-order valence-corrected chi connectivity index (χ3v) is 3.89. The van der Waals surface area contributed by atoms with Crippen LogP contribution in [0.15, 0.2) is 54.6 Å². The highest BCUT2D eigenvalue weighted by Crippen LogP contribution is 2.24. The molecule has 0 aliphatic carbocycles. The van der Waals surface area contributed by atoms with Crippen molar-refractivity contribution >= 4 is 23.1 Å². The lowest BCUT2D eigenvalue weighted by Gasteiger charge is -2.10. The number of esters is 1. The average Bonchev–Trinajstić information content (AvgIpc) is 2.60. The van der Waals surface area contributed by atoms with Crippen molar-refractivity contribution in [2.24, 2.45) is 0 Å². The summed E-state index contributed by atoms with van der Waals surface area (Å²) in [5.41, 5.74) is 3.09. The van der Waals surface area contributed by atoms with Gasteiger partial charge in [-0.3, -0.25) is 0 Å². The highest BCUT2D eigenvalue weighted by molar-refractivity contribution is 6.30. The van der Waals surface area contributed by atoms with E-state index in [2.05, 4.69) is 0 Å². The predicted octanol–water partition coefficient (Wildman–Crippen LogP) is 4.93. The number of halogens is 1. The zero-order chi connectivity index (χ0) is 17.4. The Kier molecular flexibility index (Phi) is 6.89. The fourth-order valence-electron chi connectivity index (χ4n) is 2.36. The zero-order valence-electron chi connectivity index (χ0n) is 13.9. The van der Waals surface area contributed by atoms with E-state index in [1.54, 1.807) is 20.1 Å². The van der Waals surface area contributed by atoms with E-state index in [0.29, 0.717) is 6.61 Å². The summed E-state index contributed by atoms with van der Waals surface area (Å²) in [6.45, 7) is 2.16. The molecule has 0 fully saturated rings. The molecule has 126 valence electrons. The van der Waals surface area contributed by atoms with Crippen molar-refractivity contribution in [1.82, 2.24) is 0 Å². The van der Waals surface area contributed by atoms with Gasteiger partial charge in [-0.2, -0.15) is 0 Å². The molecule has 0 aliphatic rings. The van der Waals surface area contributed by atoms with Crippen LogP contribution in [-0.2, 0) is 16.0 Å². The molecular weight excluding hydrogens is 324 g/mol. The number of allylic oxidation sites excluding steroid dienone is 1. The fraction of sp³-hybridized carbons (Fsp3) is 0.250. The molecule has 24 heavy (non-hydrogen) atoms. The quantitative estimate of drug-likeness (QED) is 0.528. The van der Waals surface area contributed by atoms with Crippen molar-refractivity contribution in [1.29, 1.82) is 0 Å². The second-order valence-corrected chi connectivity index (χ2v) is 5.71. The number of benzene rings is 2. The van der Waals surface area contributed by atoms with Crippen molar-refractivity contribution in [2.45, 2.75) is 19.8 Å². The summed E-state index contributed by atoms with van der Waals surface area (Å²) in [6.07, 6.45) is 3.11. The van der Waals surface area contributed by atoms with Crippen LogP contribution in [-0.4, -0.2) is 19.7 Å². The molecule has 0 atom stereocenters. The molecule has 0 aromatic heterocycles. The van der Waals surface area contributed by atoms with E-state index in [4.69, 9.17) is 21.1 Å². The molecule has 0 saturated heterocycles. The van der Waals surface area contributed by atoms with Crippen molar-refractivity contribution in [2.75, 3.05) is 13.7 Å². The lowest BCUT2D eigenvalue weighted by Crippen LogP contribution is -2.02. The molecule has 0 aliphatic heterocycles. The van der Waals surface area contributed by atoms with Gasteiger partial charge in [0.25, 0.3) is 0 Å². The Morgan fingerprint density at radius 1 is 1.08 bits per heavy atom. The number of carbonyl (C=O) groups excluding carboxylic acids is 1. The first-order chi connectivity index (χ1) is 11.6. The first-order valence-electron chi connectivity index (χ1n) is 7.88. The third kappa shape index (κ3) is 5.43. The van der Waals surface area contributed by atoms with Crippen molar-refractivity contribution in [3.05, 3.63) is 70.8 Å². The van der Waals surface area contributed by atoms with Crippen LogP contribution in [0.2, 0.25) is 5.02 Å². The normalized spacial score (nSPS) is 11.2. The number of hydrogen-bond donors (Lipinski definition) is 0. The number of ether oxygens (including phenoxy) is 2. The lowest BCUT2D eigenvalue weighted by atomic mass is 9.98. The van der Waals surface area contributed by atoms with Gasteiger partial charge in [-0.1, -0.05) is 35.9 Å². The standard InChI is InChI=1S/C20H21ClO3/c1-3-24-20(22)14-17(16-8-12-19(23-2)13-9-16)7-4-15-5-10-18(21)11-6-15/h5-6,8-14H,3-4,7H2,1-2H3. The Morgan fingerprint density at radius 3 is 2.33 bits per heavy atom. The first-order valence-corrected chi connectivity index (χ1v) is 8.26. The van der Waals surface area contributed by atoms with Gasteiger partial charge in [0, 0.05) is 11.1 Å². The topological polar surface area (TPSA) is 35.5 Å². The van der Waals surface area contributed by atoms with Crippen LogP contribution in [0, 0.1) is 0 Å². The Morgan fingerprint density at radius 2 is 1.75 bits per heavy atom. The summed E-state index contributed by atoms with van der Waals surface area (Å²) in [6, 6.07) is 15.4. The second kappa shape index (κ2) is 9.14. The Bertz CT molecular complexity index is 688. The van der Waals surface area contributed by atoms with E-state index < -0.39 is 0 Å². The van der Waals surface area contributed by atoms with Gasteiger partial charge in [0.15, 0.2) is 0 Å². The molecule has 3 nitrogen and oxygen atoms in total. The smallest absolute Gasteiger partial charge is 0.331 e. The largest absolute Gasteiger partial charge is 0.497 e. The van der Waals surface area contributed by atoms with Crippen LogP contribution in [0.1, 0.15) is 24.5 Å². The van der Waals surface area contributed by atoms with E-state index in [1.807, 2.05) is 48.5 Å². The van der Waals surface area contributed by atoms with E-state index >= 15 is 0 Å². The fourth-order valence-corrected chi connectivity index (χ4v) is 2.49. The number of rotatable bonds is 7. The lowest BCUT2D eigenvalue weighted by molar-refractivity contribution is -0.137. The second-order valence-electron chi connectivity index (χ2n) is 5.28. The minimum atomic E-state index is -0.320. The maximum absolute atomic E-state index is 11.9. The monoisotopic (exact) mass is 344 g/mol. The van der Waals surface area contributed by atoms with E-state index in [9.17, 15) is 4.79 Å². The van der Waals surface area contributed by atoms with Crippen LogP contribution in [0.25, 0.3) is 5.57 Å². The minimum Gasteiger partial charge on any atom is -0.497 e. The van der Waals surface area contributed by atoms with Gasteiger partial charge in [-0.05, 0) is 60.7 Å². The van der Waals surface area contributed by atoms with E-state index in [1.165, 1.54) is 5.56 Å². The Labute approximate surface area is 147 Å². The van der Waals surface area contributed by atoms with Gasteiger partial charge in [-0.25, -0.2) is 4.79 Å². The van der Waals surface area contributed by atoms with Gasteiger partial charge in [0.1, 0.15) is 5.75 Å². The molecule has 0 saturated carbocycles. The molecule has 0 N–H and O–H groups in total. The molecule has 0 heterocycles. The molecule has 0 bridgehead atoms. The Hall–Kier alpha value is -2.26. The van der Waals surface area contributed by atoms with Crippen molar-refractivity contribution in [3.8, 4) is 5.75 Å². The number of methoxy groups -OCH3 is 1. The molecule has 2 aromatic rings. The van der Waals surface area contributed by atoms with E-state index in [-0.39, 0.29) is 5.97 Å².